The fourth-order valence-electron chi connectivity index (χ4n) is 5.29. The van der Waals surface area contributed by atoms with Crippen molar-refractivity contribution in [2.45, 2.75) is 64.0 Å². The molecule has 2 aliphatic carbocycles. The minimum Gasteiger partial charge on any atom is -0.467 e. The molecule has 0 aromatic carbocycles. The van der Waals surface area contributed by atoms with E-state index in [0.29, 0.717) is 18.4 Å². The van der Waals surface area contributed by atoms with Gasteiger partial charge in [0.05, 0.1) is 18.8 Å². The zero-order chi connectivity index (χ0) is 19.3. The normalized spacial score (nSPS) is 23.2. The molecule has 2 heterocycles. The summed E-state index contributed by atoms with van der Waals surface area (Å²) in [7, 11) is 0. The number of carbonyl (C=O) groups is 2. The number of hydrogen-bond acceptors (Lipinski definition) is 4. The van der Waals surface area contributed by atoms with E-state index < -0.39 is 0 Å². The fourth-order valence-corrected chi connectivity index (χ4v) is 5.29. The molecule has 0 spiro atoms. The van der Waals surface area contributed by atoms with Gasteiger partial charge in [0.15, 0.2) is 0 Å². The second-order valence-corrected chi connectivity index (χ2v) is 8.63. The molecule has 1 N–H and O–H groups in total. The molecular formula is C22H33N3O3. The molecule has 6 nitrogen and oxygen atoms in total. The van der Waals surface area contributed by atoms with Crippen LogP contribution in [0.5, 0.6) is 0 Å². The number of carbonyl (C=O) groups excluding carboxylic acids is 2. The Hall–Kier alpha value is -1.82. The van der Waals surface area contributed by atoms with Gasteiger partial charge in [0, 0.05) is 32.1 Å². The minimum absolute atomic E-state index is 0.0822. The van der Waals surface area contributed by atoms with Crippen LogP contribution in [0.25, 0.3) is 0 Å². The molecule has 3 aliphatic rings. The molecule has 154 valence electrons. The van der Waals surface area contributed by atoms with E-state index >= 15 is 0 Å². The lowest BCUT2D eigenvalue weighted by Crippen LogP contribution is -2.58. The number of amides is 2. The van der Waals surface area contributed by atoms with Crippen molar-refractivity contribution >= 4 is 11.8 Å². The quantitative estimate of drug-likeness (QED) is 0.815. The van der Waals surface area contributed by atoms with Gasteiger partial charge >= 0.3 is 0 Å². The molecule has 1 aliphatic heterocycles. The number of hydrogen-bond donors (Lipinski definition) is 1. The highest BCUT2D eigenvalue weighted by Gasteiger charge is 2.38. The lowest BCUT2D eigenvalue weighted by atomic mass is 9.94. The summed E-state index contributed by atoms with van der Waals surface area (Å²) in [6.07, 6.45) is 10.8. The highest BCUT2D eigenvalue weighted by atomic mass is 16.3. The van der Waals surface area contributed by atoms with Gasteiger partial charge in [-0.25, -0.2) is 0 Å². The maximum absolute atomic E-state index is 13.1. The van der Waals surface area contributed by atoms with E-state index in [-0.39, 0.29) is 17.9 Å². The Labute approximate surface area is 167 Å². The number of nitrogens with zero attached hydrogens (tertiary/aromatic N) is 2. The molecule has 1 unspecified atom stereocenters. The van der Waals surface area contributed by atoms with Crippen LogP contribution in [0.4, 0.5) is 0 Å². The van der Waals surface area contributed by atoms with E-state index in [1.807, 2.05) is 17.0 Å². The predicted octanol–water partition coefficient (Wildman–Crippen LogP) is 2.79. The van der Waals surface area contributed by atoms with Gasteiger partial charge in [-0.3, -0.25) is 14.5 Å². The van der Waals surface area contributed by atoms with Gasteiger partial charge in [0.2, 0.25) is 11.8 Å². The molecule has 2 saturated carbocycles. The molecule has 1 saturated heterocycles. The molecule has 0 bridgehead atoms. The van der Waals surface area contributed by atoms with E-state index in [1.54, 1.807) is 6.26 Å². The molecule has 2 amide bonds. The summed E-state index contributed by atoms with van der Waals surface area (Å²) >= 11 is 0. The highest BCUT2D eigenvalue weighted by molar-refractivity contribution is 5.82. The van der Waals surface area contributed by atoms with Crippen LogP contribution in [0, 0.1) is 11.8 Å². The third-order valence-electron chi connectivity index (χ3n) is 6.86. The molecule has 3 fully saturated rings. The van der Waals surface area contributed by atoms with Gasteiger partial charge in [0.25, 0.3) is 0 Å². The molecule has 0 radical (unpaired) electrons. The first-order valence-corrected chi connectivity index (χ1v) is 11.1. The average molecular weight is 388 g/mol. The third kappa shape index (κ3) is 4.43. The third-order valence-corrected chi connectivity index (χ3v) is 6.86. The van der Waals surface area contributed by atoms with Crippen molar-refractivity contribution in [3.63, 3.8) is 0 Å². The maximum Gasteiger partial charge on any atom is 0.238 e. The van der Waals surface area contributed by atoms with Crippen molar-refractivity contribution in [2.75, 3.05) is 26.2 Å². The number of piperazine rings is 1. The lowest BCUT2D eigenvalue weighted by molar-refractivity contribution is -0.138. The SMILES string of the molecule is O=C(NCc1ccco1)C(C1CCCC1)N1CCN(C(=O)C2CCCC2)CC1. The summed E-state index contributed by atoms with van der Waals surface area (Å²) in [5.74, 6) is 1.91. The van der Waals surface area contributed by atoms with Crippen LogP contribution in [0.15, 0.2) is 22.8 Å². The molecule has 6 heteroatoms. The Morgan fingerprint density at radius 1 is 1.04 bits per heavy atom. The van der Waals surface area contributed by atoms with Gasteiger partial charge in [-0.2, -0.15) is 0 Å². The highest BCUT2D eigenvalue weighted by Crippen LogP contribution is 2.32. The van der Waals surface area contributed by atoms with Crippen LogP contribution in [0.2, 0.25) is 0 Å². The number of rotatable bonds is 6. The lowest BCUT2D eigenvalue weighted by Gasteiger charge is -2.41. The van der Waals surface area contributed by atoms with Crippen molar-refractivity contribution < 1.29 is 14.0 Å². The Morgan fingerprint density at radius 2 is 1.71 bits per heavy atom. The Kier molecular flexibility index (Phi) is 6.35. The molecule has 1 aromatic heterocycles. The minimum atomic E-state index is -0.0822. The van der Waals surface area contributed by atoms with E-state index in [0.717, 1.165) is 57.6 Å². The molecule has 1 atom stereocenters. The van der Waals surface area contributed by atoms with Gasteiger partial charge in [-0.1, -0.05) is 25.7 Å². The summed E-state index contributed by atoms with van der Waals surface area (Å²) in [4.78, 5) is 30.2. The first kappa shape index (κ1) is 19.5. The van der Waals surface area contributed by atoms with Crippen LogP contribution in [0.3, 0.4) is 0 Å². The Morgan fingerprint density at radius 3 is 2.36 bits per heavy atom. The van der Waals surface area contributed by atoms with Crippen LogP contribution in [-0.4, -0.2) is 53.8 Å². The van der Waals surface area contributed by atoms with Crippen LogP contribution in [-0.2, 0) is 16.1 Å². The summed E-state index contributed by atoms with van der Waals surface area (Å²) in [6.45, 7) is 3.55. The first-order valence-electron chi connectivity index (χ1n) is 11.1. The van der Waals surface area contributed by atoms with Crippen molar-refractivity contribution in [3.05, 3.63) is 24.2 Å². The fraction of sp³-hybridized carbons (Fsp3) is 0.727. The second-order valence-electron chi connectivity index (χ2n) is 8.63. The van der Waals surface area contributed by atoms with Gasteiger partial charge in [0.1, 0.15) is 5.76 Å². The van der Waals surface area contributed by atoms with Crippen molar-refractivity contribution in [1.29, 1.82) is 0 Å². The zero-order valence-electron chi connectivity index (χ0n) is 16.8. The zero-order valence-corrected chi connectivity index (χ0v) is 16.8. The van der Waals surface area contributed by atoms with E-state index in [1.165, 1.54) is 25.7 Å². The van der Waals surface area contributed by atoms with Crippen molar-refractivity contribution in [3.8, 4) is 0 Å². The smallest absolute Gasteiger partial charge is 0.238 e. The van der Waals surface area contributed by atoms with E-state index in [2.05, 4.69) is 10.2 Å². The van der Waals surface area contributed by atoms with Crippen LogP contribution >= 0.6 is 0 Å². The molecular weight excluding hydrogens is 354 g/mol. The molecule has 4 rings (SSSR count). The summed E-state index contributed by atoms with van der Waals surface area (Å²) in [6, 6.07) is 3.65. The summed E-state index contributed by atoms with van der Waals surface area (Å²) in [5.41, 5.74) is 0. The van der Waals surface area contributed by atoms with Gasteiger partial charge in [-0.15, -0.1) is 0 Å². The number of furan rings is 1. The van der Waals surface area contributed by atoms with Gasteiger partial charge in [-0.05, 0) is 43.7 Å². The van der Waals surface area contributed by atoms with Crippen molar-refractivity contribution in [1.82, 2.24) is 15.1 Å². The predicted molar refractivity (Wildman–Crippen MR) is 106 cm³/mol. The van der Waals surface area contributed by atoms with Crippen LogP contribution < -0.4 is 5.32 Å². The first-order chi connectivity index (χ1) is 13.7. The molecule has 28 heavy (non-hydrogen) atoms. The van der Waals surface area contributed by atoms with Crippen molar-refractivity contribution in [2.24, 2.45) is 11.8 Å². The standard InChI is InChI=1S/C22H33N3O3/c26-21(23-16-19-10-5-15-28-19)20(17-6-1-2-7-17)24-11-13-25(14-12-24)22(27)18-8-3-4-9-18/h5,10,15,17-18,20H,1-4,6-9,11-14,16H2,(H,23,26). The van der Waals surface area contributed by atoms with E-state index in [4.69, 9.17) is 4.42 Å². The average Bonchev–Trinajstić information content (AvgIpc) is 3.50. The Balaban J connectivity index is 1.35. The Bertz CT molecular complexity index is 640. The largest absolute Gasteiger partial charge is 0.467 e. The summed E-state index contributed by atoms with van der Waals surface area (Å²) < 4.78 is 5.35. The summed E-state index contributed by atoms with van der Waals surface area (Å²) in [5, 5.41) is 3.08. The second kappa shape index (κ2) is 9.12. The van der Waals surface area contributed by atoms with E-state index in [9.17, 15) is 9.59 Å². The monoisotopic (exact) mass is 387 g/mol. The number of nitrogens with one attached hydrogen (secondary N) is 1. The topological polar surface area (TPSA) is 65.8 Å². The van der Waals surface area contributed by atoms with Crippen LogP contribution in [0.1, 0.15) is 57.1 Å². The maximum atomic E-state index is 13.1. The van der Waals surface area contributed by atoms with Gasteiger partial charge < -0.3 is 14.6 Å². The molecule has 1 aromatic rings.